The summed E-state index contributed by atoms with van der Waals surface area (Å²) in [6.07, 6.45) is -0.0161. The van der Waals surface area contributed by atoms with E-state index >= 15 is 0 Å². The summed E-state index contributed by atoms with van der Waals surface area (Å²) in [5, 5.41) is 25.5. The lowest BCUT2D eigenvalue weighted by Crippen LogP contribution is -2.37. The first-order valence-electron chi connectivity index (χ1n) is 7.96. The molecule has 2 rings (SSSR count). The molecule has 10 heteroatoms. The van der Waals surface area contributed by atoms with Crippen LogP contribution in [0.1, 0.15) is 22.8 Å². The number of ether oxygens (including phenoxy) is 2. The van der Waals surface area contributed by atoms with Crippen LogP contribution < -0.4 is 20.0 Å². The lowest BCUT2D eigenvalue weighted by molar-refractivity contribution is -0.384. The van der Waals surface area contributed by atoms with Crippen molar-refractivity contribution in [2.45, 2.75) is 13.0 Å². The van der Waals surface area contributed by atoms with Crippen LogP contribution in [0.2, 0.25) is 0 Å². The van der Waals surface area contributed by atoms with Gasteiger partial charge in [-0.1, -0.05) is 12.1 Å². The average Bonchev–Trinajstić information content (AvgIpc) is 2.68. The van der Waals surface area contributed by atoms with Crippen LogP contribution in [-0.2, 0) is 4.79 Å². The van der Waals surface area contributed by atoms with Crippen LogP contribution in [0.5, 0.6) is 11.5 Å². The Hall–Kier alpha value is -3.95. The van der Waals surface area contributed by atoms with Crippen LogP contribution in [0, 0.1) is 10.1 Å². The zero-order valence-corrected chi connectivity index (χ0v) is 14.9. The maximum Gasteiger partial charge on any atom is 0.271 e. The average molecular weight is 386 g/mol. The van der Waals surface area contributed by atoms with Gasteiger partial charge in [0, 0.05) is 23.3 Å². The van der Waals surface area contributed by atoms with E-state index in [1.165, 1.54) is 38.4 Å². The van der Waals surface area contributed by atoms with Gasteiger partial charge >= 0.3 is 0 Å². The summed E-state index contributed by atoms with van der Waals surface area (Å²) in [7, 11) is 1.39. The van der Waals surface area contributed by atoms with Crippen LogP contribution in [0.4, 0.5) is 5.69 Å². The van der Waals surface area contributed by atoms with Crippen molar-refractivity contribution in [3.05, 3.63) is 63.7 Å². The van der Waals surface area contributed by atoms with Gasteiger partial charge in [-0.05, 0) is 25.1 Å². The van der Waals surface area contributed by atoms with Crippen molar-refractivity contribution >= 4 is 23.8 Å². The smallest absolute Gasteiger partial charge is 0.271 e. The molecule has 2 aromatic carbocycles. The fourth-order valence-corrected chi connectivity index (χ4v) is 2.13. The van der Waals surface area contributed by atoms with E-state index in [1.807, 2.05) is 0 Å². The van der Waals surface area contributed by atoms with Crippen molar-refractivity contribution in [3.8, 4) is 11.5 Å². The highest BCUT2D eigenvalue weighted by Crippen LogP contribution is 2.31. The number of nitrogens with zero attached hydrogens (tertiary/aromatic N) is 2. The summed E-state index contributed by atoms with van der Waals surface area (Å²) in [6, 6.07) is 9.93. The molecule has 0 fully saturated rings. The van der Waals surface area contributed by atoms with Gasteiger partial charge in [-0.15, -0.1) is 0 Å². The highest BCUT2D eigenvalue weighted by atomic mass is 16.6. The third-order valence-electron chi connectivity index (χ3n) is 3.54. The van der Waals surface area contributed by atoms with Crippen molar-refractivity contribution < 1.29 is 29.1 Å². The van der Waals surface area contributed by atoms with E-state index in [0.29, 0.717) is 5.56 Å². The quantitative estimate of drug-likeness (QED) is 0.403. The minimum Gasteiger partial charge on any atom is -0.546 e. The van der Waals surface area contributed by atoms with Gasteiger partial charge < -0.3 is 19.4 Å². The second-order valence-corrected chi connectivity index (χ2v) is 5.46. The molecule has 0 unspecified atom stereocenters. The number of methoxy groups -OCH3 is 1. The van der Waals surface area contributed by atoms with Gasteiger partial charge in [0.2, 0.25) is 0 Å². The first-order chi connectivity index (χ1) is 13.3. The minimum atomic E-state index is -1.41. The number of nitro benzene ring substituents is 1. The number of carboxylic acids is 1. The Labute approximate surface area is 159 Å². The van der Waals surface area contributed by atoms with Crippen molar-refractivity contribution in [1.29, 1.82) is 0 Å². The third-order valence-corrected chi connectivity index (χ3v) is 3.54. The van der Waals surface area contributed by atoms with E-state index in [4.69, 9.17) is 9.47 Å². The normalized spacial score (nSPS) is 11.6. The Morgan fingerprint density at radius 3 is 2.61 bits per heavy atom. The molecule has 0 aliphatic rings. The molecular formula is C18H16N3O7-. The van der Waals surface area contributed by atoms with Crippen LogP contribution in [0.25, 0.3) is 0 Å². The molecule has 0 saturated carbocycles. The molecule has 0 radical (unpaired) electrons. The topological polar surface area (TPSA) is 143 Å². The number of carbonyl (C=O) groups excluding carboxylic acids is 2. The highest BCUT2D eigenvalue weighted by molar-refractivity contribution is 5.95. The molecule has 1 atom stereocenters. The second-order valence-electron chi connectivity index (χ2n) is 5.46. The zero-order valence-electron chi connectivity index (χ0n) is 14.9. The van der Waals surface area contributed by atoms with E-state index in [-0.39, 0.29) is 22.7 Å². The molecular weight excluding hydrogens is 370 g/mol. The fourth-order valence-electron chi connectivity index (χ4n) is 2.13. The first-order valence-corrected chi connectivity index (χ1v) is 7.96. The first kappa shape index (κ1) is 20.4. The van der Waals surface area contributed by atoms with Gasteiger partial charge in [-0.2, -0.15) is 5.10 Å². The maximum absolute atomic E-state index is 12.1. The summed E-state index contributed by atoms with van der Waals surface area (Å²) in [5.41, 5.74) is 2.41. The number of rotatable bonds is 8. The molecule has 0 aliphatic carbocycles. The number of hydrogen-bond donors (Lipinski definition) is 1. The molecule has 0 aliphatic heterocycles. The molecule has 10 nitrogen and oxygen atoms in total. The monoisotopic (exact) mass is 386 g/mol. The molecule has 0 aromatic heterocycles. The Morgan fingerprint density at radius 2 is 1.96 bits per heavy atom. The predicted molar refractivity (Wildman–Crippen MR) is 96.2 cm³/mol. The lowest BCUT2D eigenvalue weighted by atomic mass is 10.2. The molecule has 0 bridgehead atoms. The Morgan fingerprint density at radius 1 is 1.25 bits per heavy atom. The zero-order chi connectivity index (χ0) is 20.7. The van der Waals surface area contributed by atoms with Gasteiger partial charge in [0.05, 0.1) is 24.2 Å². The molecule has 28 heavy (non-hydrogen) atoms. The number of carboxylic acid groups (broad SMARTS) is 1. The van der Waals surface area contributed by atoms with Crippen molar-refractivity contribution in [2.24, 2.45) is 5.10 Å². The Balaban J connectivity index is 2.19. The number of hydrogen-bond acceptors (Lipinski definition) is 8. The summed E-state index contributed by atoms with van der Waals surface area (Å²) in [5.74, 6) is -1.70. The summed E-state index contributed by atoms with van der Waals surface area (Å²) in [4.78, 5) is 33.2. The standard InChI is InChI=1S/C18H17N3O7/c1-11(18(23)24)28-16-13(6-4-8-15(16)27-2)10-19-20-17(22)12-5-3-7-14(9-12)21(25)26/h3-11H,1-2H3,(H,20,22)(H,23,24)/p-1/b19-10-/t11-/m0/s1. The molecule has 0 saturated heterocycles. The second kappa shape index (κ2) is 9.12. The van der Waals surface area contributed by atoms with Gasteiger partial charge in [-0.25, -0.2) is 5.43 Å². The maximum atomic E-state index is 12.1. The SMILES string of the molecule is COc1cccc(/C=N\NC(=O)c2cccc([N+](=O)[O-])c2)c1O[C@@H](C)C(=O)[O-]. The van der Waals surface area contributed by atoms with Crippen LogP contribution >= 0.6 is 0 Å². The minimum absolute atomic E-state index is 0.0547. The summed E-state index contributed by atoms with van der Waals surface area (Å²) < 4.78 is 10.5. The Kier molecular flexibility index (Phi) is 6.63. The van der Waals surface area contributed by atoms with Gasteiger partial charge in [0.25, 0.3) is 11.6 Å². The molecule has 1 amide bonds. The fraction of sp³-hybridized carbons (Fsp3) is 0.167. The van der Waals surface area contributed by atoms with E-state index in [0.717, 1.165) is 6.07 Å². The number of non-ortho nitro benzene ring substituents is 1. The number of nitro groups is 1. The van der Waals surface area contributed by atoms with Crippen LogP contribution in [0.15, 0.2) is 47.6 Å². The number of aliphatic carboxylic acids is 1. The van der Waals surface area contributed by atoms with Crippen molar-refractivity contribution in [1.82, 2.24) is 5.43 Å². The van der Waals surface area contributed by atoms with Gasteiger partial charge in [0.1, 0.15) is 6.10 Å². The molecule has 2 aromatic rings. The lowest BCUT2D eigenvalue weighted by Gasteiger charge is -2.19. The van der Waals surface area contributed by atoms with E-state index < -0.39 is 22.9 Å². The van der Waals surface area contributed by atoms with Crippen LogP contribution in [-0.4, -0.2) is 36.2 Å². The number of carbonyl (C=O) groups is 2. The van der Waals surface area contributed by atoms with E-state index in [1.54, 1.807) is 18.2 Å². The summed E-state index contributed by atoms with van der Waals surface area (Å²) in [6.45, 7) is 1.30. The van der Waals surface area contributed by atoms with Crippen molar-refractivity contribution in [2.75, 3.05) is 7.11 Å². The van der Waals surface area contributed by atoms with E-state index in [2.05, 4.69) is 10.5 Å². The molecule has 146 valence electrons. The number of nitrogens with one attached hydrogen (secondary N) is 1. The largest absolute Gasteiger partial charge is 0.546 e. The number of benzene rings is 2. The molecule has 0 heterocycles. The molecule has 0 spiro atoms. The number of amides is 1. The highest BCUT2D eigenvalue weighted by Gasteiger charge is 2.14. The third kappa shape index (κ3) is 5.04. The van der Waals surface area contributed by atoms with Crippen LogP contribution in [0.3, 0.4) is 0 Å². The van der Waals surface area contributed by atoms with Gasteiger partial charge in [-0.3, -0.25) is 14.9 Å². The predicted octanol–water partition coefficient (Wildman–Crippen LogP) is 0.884. The van der Waals surface area contributed by atoms with Crippen molar-refractivity contribution in [3.63, 3.8) is 0 Å². The Bertz CT molecular complexity index is 927. The number of hydrazone groups is 1. The molecule has 1 N–H and O–H groups in total. The number of para-hydroxylation sites is 1. The summed E-state index contributed by atoms with van der Waals surface area (Å²) >= 11 is 0. The van der Waals surface area contributed by atoms with Gasteiger partial charge in [0.15, 0.2) is 11.5 Å². The van der Waals surface area contributed by atoms with E-state index in [9.17, 15) is 24.8 Å².